The van der Waals surface area contributed by atoms with E-state index in [0.29, 0.717) is 11.5 Å². The minimum Gasteiger partial charge on any atom is -0.339 e. The molecule has 2 N–H and O–H groups in total. The van der Waals surface area contributed by atoms with Crippen molar-refractivity contribution in [3.8, 4) is 11.3 Å². The molecule has 0 aliphatic carbocycles. The van der Waals surface area contributed by atoms with Gasteiger partial charge in [-0.25, -0.2) is 4.98 Å². The summed E-state index contributed by atoms with van der Waals surface area (Å²) >= 11 is 0. The van der Waals surface area contributed by atoms with E-state index in [4.69, 9.17) is 0 Å². The van der Waals surface area contributed by atoms with Crippen molar-refractivity contribution < 1.29 is 4.79 Å². The quantitative estimate of drug-likeness (QED) is 0.603. The van der Waals surface area contributed by atoms with E-state index in [1.165, 1.54) is 10.2 Å². The Morgan fingerprint density at radius 2 is 2.00 bits per heavy atom. The third-order valence-corrected chi connectivity index (χ3v) is 4.21. The summed E-state index contributed by atoms with van der Waals surface area (Å²) in [5, 5.41) is 7.81. The molecular formula is C19H17N5O. The fourth-order valence-corrected chi connectivity index (χ4v) is 2.87. The first kappa shape index (κ1) is 15.1. The molecule has 0 saturated heterocycles. The molecule has 0 unspecified atom stereocenters. The molecule has 25 heavy (non-hydrogen) atoms. The number of benzene rings is 1. The molecular weight excluding hydrogens is 314 g/mol. The van der Waals surface area contributed by atoms with Crippen molar-refractivity contribution in [3.63, 3.8) is 0 Å². The molecule has 4 rings (SSSR count). The standard InChI is InChI=1S/C19H17N5O/c1-12-5-3-4-6-14(12)15-11-13-7-8-17(22-18(13)21-15)23-19(25)16-9-10-20-24(16)2/h3-11H,1-2H3,(H2,21,22,23,25). The van der Waals surface area contributed by atoms with Crippen molar-refractivity contribution >= 4 is 22.8 Å². The summed E-state index contributed by atoms with van der Waals surface area (Å²) in [6.07, 6.45) is 1.59. The molecule has 4 aromatic rings. The van der Waals surface area contributed by atoms with Gasteiger partial charge in [-0.2, -0.15) is 5.10 Å². The lowest BCUT2D eigenvalue weighted by Gasteiger charge is -2.04. The van der Waals surface area contributed by atoms with E-state index in [-0.39, 0.29) is 5.91 Å². The lowest BCUT2D eigenvalue weighted by molar-refractivity contribution is 0.101. The Hall–Kier alpha value is -3.41. The van der Waals surface area contributed by atoms with E-state index >= 15 is 0 Å². The predicted octanol–water partition coefficient (Wildman–Crippen LogP) is 3.52. The highest BCUT2D eigenvalue weighted by Gasteiger charge is 2.12. The zero-order chi connectivity index (χ0) is 17.4. The van der Waals surface area contributed by atoms with Crippen LogP contribution in [0.15, 0.2) is 54.7 Å². The molecule has 3 heterocycles. The maximum atomic E-state index is 12.3. The SMILES string of the molecule is Cc1ccccc1-c1cc2ccc(NC(=O)c3ccnn3C)nc2[nH]1. The van der Waals surface area contributed by atoms with E-state index in [2.05, 4.69) is 45.5 Å². The van der Waals surface area contributed by atoms with Crippen LogP contribution in [-0.2, 0) is 7.05 Å². The van der Waals surface area contributed by atoms with Gasteiger partial charge in [-0.3, -0.25) is 9.48 Å². The number of nitrogens with one attached hydrogen (secondary N) is 2. The van der Waals surface area contributed by atoms with Gasteiger partial charge < -0.3 is 10.3 Å². The van der Waals surface area contributed by atoms with Crippen molar-refractivity contribution in [1.29, 1.82) is 0 Å². The lowest BCUT2D eigenvalue weighted by atomic mass is 10.1. The molecule has 1 aromatic carbocycles. The molecule has 0 spiro atoms. The number of carbonyl (C=O) groups is 1. The molecule has 0 atom stereocenters. The molecule has 1 amide bonds. The fraction of sp³-hybridized carbons (Fsp3) is 0.105. The van der Waals surface area contributed by atoms with Crippen LogP contribution in [0.5, 0.6) is 0 Å². The Labute approximate surface area is 144 Å². The van der Waals surface area contributed by atoms with Crippen molar-refractivity contribution in [2.45, 2.75) is 6.92 Å². The normalized spacial score (nSPS) is 11.0. The molecule has 6 heteroatoms. The van der Waals surface area contributed by atoms with Gasteiger partial charge >= 0.3 is 0 Å². The van der Waals surface area contributed by atoms with Gasteiger partial charge in [0.1, 0.15) is 17.2 Å². The number of rotatable bonds is 3. The average molecular weight is 331 g/mol. The summed E-state index contributed by atoms with van der Waals surface area (Å²) < 4.78 is 1.53. The summed E-state index contributed by atoms with van der Waals surface area (Å²) in [5.74, 6) is 0.259. The van der Waals surface area contributed by atoms with Crippen LogP contribution < -0.4 is 5.32 Å². The predicted molar refractivity (Wildman–Crippen MR) is 97.4 cm³/mol. The monoisotopic (exact) mass is 331 g/mol. The van der Waals surface area contributed by atoms with Crippen molar-refractivity contribution in [3.05, 3.63) is 66.0 Å². The van der Waals surface area contributed by atoms with Crippen LogP contribution in [0.2, 0.25) is 0 Å². The Balaban J connectivity index is 1.66. The van der Waals surface area contributed by atoms with Crippen molar-refractivity contribution in [1.82, 2.24) is 19.7 Å². The van der Waals surface area contributed by atoms with Crippen LogP contribution in [0.1, 0.15) is 16.1 Å². The van der Waals surface area contributed by atoms with Crippen LogP contribution >= 0.6 is 0 Å². The number of fused-ring (bicyclic) bond motifs is 1. The summed E-state index contributed by atoms with van der Waals surface area (Å²) in [5.41, 5.74) is 4.56. The second kappa shape index (κ2) is 5.90. The second-order valence-corrected chi connectivity index (χ2v) is 5.93. The highest BCUT2D eigenvalue weighted by Crippen LogP contribution is 2.26. The van der Waals surface area contributed by atoms with Crippen LogP contribution in [0.3, 0.4) is 0 Å². The molecule has 6 nitrogen and oxygen atoms in total. The topological polar surface area (TPSA) is 75.6 Å². The molecule has 0 bridgehead atoms. The van der Waals surface area contributed by atoms with E-state index in [1.807, 2.05) is 18.2 Å². The van der Waals surface area contributed by atoms with Gasteiger partial charge in [-0.05, 0) is 36.8 Å². The number of pyridine rings is 1. The number of amides is 1. The number of anilines is 1. The minimum atomic E-state index is -0.238. The minimum absolute atomic E-state index is 0.238. The van der Waals surface area contributed by atoms with Crippen molar-refractivity contribution in [2.24, 2.45) is 7.05 Å². The van der Waals surface area contributed by atoms with Gasteiger partial charge in [0.15, 0.2) is 0 Å². The van der Waals surface area contributed by atoms with Gasteiger partial charge in [0.2, 0.25) is 0 Å². The number of carbonyl (C=O) groups excluding carboxylic acids is 1. The number of hydrogen-bond acceptors (Lipinski definition) is 3. The first-order valence-electron chi connectivity index (χ1n) is 7.97. The summed E-state index contributed by atoms with van der Waals surface area (Å²) in [6.45, 7) is 2.08. The molecule has 0 aliphatic rings. The fourth-order valence-electron chi connectivity index (χ4n) is 2.87. The van der Waals surface area contributed by atoms with Gasteiger partial charge in [-0.1, -0.05) is 24.3 Å². The molecule has 124 valence electrons. The van der Waals surface area contributed by atoms with Crippen LogP contribution in [-0.4, -0.2) is 25.7 Å². The Morgan fingerprint density at radius 1 is 1.16 bits per heavy atom. The van der Waals surface area contributed by atoms with Gasteiger partial charge in [0.05, 0.1) is 0 Å². The van der Waals surface area contributed by atoms with E-state index in [9.17, 15) is 4.79 Å². The highest BCUT2D eigenvalue weighted by molar-refractivity contribution is 6.03. The van der Waals surface area contributed by atoms with Gasteiger partial charge in [0, 0.05) is 29.9 Å². The van der Waals surface area contributed by atoms with Crippen molar-refractivity contribution in [2.75, 3.05) is 5.32 Å². The first-order valence-corrected chi connectivity index (χ1v) is 7.97. The molecule has 0 aliphatic heterocycles. The lowest BCUT2D eigenvalue weighted by Crippen LogP contribution is -2.16. The second-order valence-electron chi connectivity index (χ2n) is 5.93. The Kier molecular flexibility index (Phi) is 3.57. The maximum absolute atomic E-state index is 12.3. The van der Waals surface area contributed by atoms with E-state index in [1.54, 1.807) is 25.4 Å². The zero-order valence-electron chi connectivity index (χ0n) is 13.9. The smallest absolute Gasteiger partial charge is 0.275 e. The molecule has 3 aromatic heterocycles. The van der Waals surface area contributed by atoms with Gasteiger partial charge in [0.25, 0.3) is 5.91 Å². The summed E-state index contributed by atoms with van der Waals surface area (Å²) in [4.78, 5) is 20.1. The van der Waals surface area contributed by atoms with E-state index < -0.39 is 0 Å². The average Bonchev–Trinajstić information content (AvgIpc) is 3.20. The number of H-pyrrole nitrogens is 1. The largest absolute Gasteiger partial charge is 0.339 e. The summed E-state index contributed by atoms with van der Waals surface area (Å²) in [7, 11) is 1.73. The van der Waals surface area contributed by atoms with E-state index in [0.717, 1.165) is 22.3 Å². The molecule has 0 radical (unpaired) electrons. The molecule has 0 fully saturated rings. The molecule has 0 saturated carbocycles. The maximum Gasteiger partial charge on any atom is 0.275 e. The Morgan fingerprint density at radius 3 is 2.76 bits per heavy atom. The van der Waals surface area contributed by atoms with Crippen LogP contribution in [0.25, 0.3) is 22.3 Å². The van der Waals surface area contributed by atoms with Crippen LogP contribution in [0.4, 0.5) is 5.82 Å². The number of aromatic amines is 1. The van der Waals surface area contributed by atoms with Gasteiger partial charge in [-0.15, -0.1) is 0 Å². The zero-order valence-corrected chi connectivity index (χ0v) is 13.9. The summed E-state index contributed by atoms with van der Waals surface area (Å²) in [6, 6.07) is 15.7. The third-order valence-electron chi connectivity index (χ3n) is 4.21. The Bertz CT molecular complexity index is 1080. The first-order chi connectivity index (χ1) is 12.1. The third kappa shape index (κ3) is 2.78. The van der Waals surface area contributed by atoms with Crippen LogP contribution in [0, 0.1) is 6.92 Å². The number of aromatic nitrogens is 4. The number of nitrogens with zero attached hydrogens (tertiary/aromatic N) is 3. The number of aryl methyl sites for hydroxylation is 2. The highest BCUT2D eigenvalue weighted by atomic mass is 16.2. The number of hydrogen-bond donors (Lipinski definition) is 2.